The van der Waals surface area contributed by atoms with Crippen molar-refractivity contribution in [2.45, 2.75) is 13.8 Å². The Labute approximate surface area is 157 Å². The van der Waals surface area contributed by atoms with Gasteiger partial charge in [0.1, 0.15) is 5.75 Å². The molecular formula is C21H20N2O4. The van der Waals surface area contributed by atoms with Crippen LogP contribution in [0.1, 0.15) is 24.2 Å². The Morgan fingerprint density at radius 3 is 2.15 bits per heavy atom. The molecule has 0 atom stereocenters. The minimum atomic E-state index is 0.0534. The molecule has 0 aliphatic heterocycles. The van der Waals surface area contributed by atoms with Crippen molar-refractivity contribution in [3.05, 3.63) is 60.2 Å². The number of benzene rings is 2. The van der Waals surface area contributed by atoms with E-state index < -0.39 is 0 Å². The van der Waals surface area contributed by atoms with Crippen molar-refractivity contribution in [3.8, 4) is 34.6 Å². The number of nitrogens with zero attached hydrogens (tertiary/aromatic N) is 2. The average Bonchev–Trinajstić information content (AvgIpc) is 2.69. The average molecular weight is 364 g/mol. The molecule has 0 unspecified atom stereocenters. The van der Waals surface area contributed by atoms with E-state index in [0.29, 0.717) is 36.3 Å². The lowest BCUT2D eigenvalue weighted by atomic mass is 10.00. The standard InChI is InChI=1S/C21H20N2O4/c1-3-25-19-13-20(26-4-2)23-21(22-19)27-18-12-8-11-16(17(18)14-24)15-9-6-5-7-10-15/h5-14H,3-4H2,1-2H3. The van der Waals surface area contributed by atoms with Crippen LogP contribution in [0.2, 0.25) is 0 Å². The second kappa shape index (κ2) is 8.80. The number of hydrogen-bond acceptors (Lipinski definition) is 6. The monoisotopic (exact) mass is 364 g/mol. The molecule has 27 heavy (non-hydrogen) atoms. The molecule has 0 fully saturated rings. The Hall–Kier alpha value is -3.41. The molecule has 0 saturated heterocycles. The van der Waals surface area contributed by atoms with Crippen molar-refractivity contribution in [1.82, 2.24) is 9.97 Å². The largest absolute Gasteiger partial charge is 0.478 e. The van der Waals surface area contributed by atoms with Gasteiger partial charge in [0.15, 0.2) is 6.29 Å². The van der Waals surface area contributed by atoms with E-state index in [0.717, 1.165) is 17.4 Å². The summed E-state index contributed by atoms with van der Waals surface area (Å²) < 4.78 is 16.7. The van der Waals surface area contributed by atoms with Crippen LogP contribution in [0.3, 0.4) is 0 Å². The van der Waals surface area contributed by atoms with Gasteiger partial charge in [-0.25, -0.2) is 0 Å². The number of ether oxygens (including phenoxy) is 3. The maximum Gasteiger partial charge on any atom is 0.328 e. The molecule has 0 aliphatic rings. The van der Waals surface area contributed by atoms with E-state index in [1.54, 1.807) is 12.1 Å². The van der Waals surface area contributed by atoms with Crippen LogP contribution in [0.25, 0.3) is 11.1 Å². The molecule has 0 N–H and O–H groups in total. The van der Waals surface area contributed by atoms with Crippen LogP contribution < -0.4 is 14.2 Å². The first-order valence-electron chi connectivity index (χ1n) is 8.71. The highest BCUT2D eigenvalue weighted by Crippen LogP contribution is 2.32. The third-order valence-electron chi connectivity index (χ3n) is 3.71. The van der Waals surface area contributed by atoms with Gasteiger partial charge in [-0.1, -0.05) is 42.5 Å². The van der Waals surface area contributed by atoms with Crippen molar-refractivity contribution in [3.63, 3.8) is 0 Å². The molecule has 138 valence electrons. The summed E-state index contributed by atoms with van der Waals surface area (Å²) >= 11 is 0. The second-order valence-electron chi connectivity index (χ2n) is 5.50. The molecule has 0 bridgehead atoms. The van der Waals surface area contributed by atoms with Gasteiger partial charge in [-0.2, -0.15) is 9.97 Å². The zero-order valence-electron chi connectivity index (χ0n) is 15.2. The number of hydrogen-bond donors (Lipinski definition) is 0. The molecular weight excluding hydrogens is 344 g/mol. The van der Waals surface area contributed by atoms with Crippen molar-refractivity contribution >= 4 is 6.29 Å². The van der Waals surface area contributed by atoms with Gasteiger partial charge in [0.25, 0.3) is 0 Å². The highest BCUT2D eigenvalue weighted by molar-refractivity contribution is 5.91. The van der Waals surface area contributed by atoms with E-state index in [1.807, 2.05) is 56.3 Å². The zero-order valence-corrected chi connectivity index (χ0v) is 15.2. The minimum absolute atomic E-state index is 0.0534. The molecule has 0 aliphatic carbocycles. The predicted molar refractivity (Wildman–Crippen MR) is 102 cm³/mol. The highest BCUT2D eigenvalue weighted by Gasteiger charge is 2.14. The summed E-state index contributed by atoms with van der Waals surface area (Å²) in [5, 5.41) is 0. The summed E-state index contributed by atoms with van der Waals surface area (Å²) in [6, 6.07) is 16.7. The summed E-state index contributed by atoms with van der Waals surface area (Å²) in [6.07, 6.45) is 0.771. The van der Waals surface area contributed by atoms with Crippen molar-refractivity contribution in [2.75, 3.05) is 13.2 Å². The summed E-state index contributed by atoms with van der Waals surface area (Å²) in [6.45, 7) is 4.61. The lowest BCUT2D eigenvalue weighted by molar-refractivity contribution is 0.112. The molecule has 0 amide bonds. The van der Waals surface area contributed by atoms with E-state index in [-0.39, 0.29) is 6.01 Å². The smallest absolute Gasteiger partial charge is 0.328 e. The first-order chi connectivity index (χ1) is 13.2. The van der Waals surface area contributed by atoms with Crippen LogP contribution >= 0.6 is 0 Å². The lowest BCUT2D eigenvalue weighted by Crippen LogP contribution is -2.03. The van der Waals surface area contributed by atoms with Crippen molar-refractivity contribution in [1.29, 1.82) is 0 Å². The molecule has 1 heterocycles. The SMILES string of the molecule is CCOc1cc(OCC)nc(Oc2cccc(-c3ccccc3)c2C=O)n1. The van der Waals surface area contributed by atoms with E-state index in [9.17, 15) is 4.79 Å². The summed E-state index contributed by atoms with van der Waals surface area (Å²) in [7, 11) is 0. The Bertz CT molecular complexity index is 889. The number of rotatable bonds is 8. The number of carbonyl (C=O) groups excluding carboxylic acids is 1. The molecule has 1 aromatic heterocycles. The third kappa shape index (κ3) is 4.41. The number of aromatic nitrogens is 2. The Balaban J connectivity index is 1.99. The normalized spacial score (nSPS) is 10.3. The van der Waals surface area contributed by atoms with Crippen LogP contribution in [0.15, 0.2) is 54.6 Å². The molecule has 6 nitrogen and oxygen atoms in total. The third-order valence-corrected chi connectivity index (χ3v) is 3.71. The Morgan fingerprint density at radius 1 is 0.889 bits per heavy atom. The van der Waals surface area contributed by atoms with Crippen LogP contribution in [-0.2, 0) is 0 Å². The summed E-state index contributed by atoms with van der Waals surface area (Å²) in [4.78, 5) is 20.2. The van der Waals surface area contributed by atoms with Gasteiger partial charge < -0.3 is 14.2 Å². The molecule has 3 rings (SSSR count). The summed E-state index contributed by atoms with van der Waals surface area (Å²) in [5.41, 5.74) is 2.12. The fourth-order valence-corrected chi connectivity index (χ4v) is 2.60. The molecule has 0 saturated carbocycles. The van der Waals surface area contributed by atoms with Crippen molar-refractivity contribution in [2.24, 2.45) is 0 Å². The van der Waals surface area contributed by atoms with Gasteiger partial charge in [0.2, 0.25) is 11.8 Å². The van der Waals surface area contributed by atoms with E-state index in [4.69, 9.17) is 14.2 Å². The van der Waals surface area contributed by atoms with Gasteiger partial charge in [-0.3, -0.25) is 4.79 Å². The molecule has 0 radical (unpaired) electrons. The molecule has 3 aromatic rings. The maximum atomic E-state index is 11.8. The van der Waals surface area contributed by atoms with Crippen LogP contribution in [0.4, 0.5) is 0 Å². The maximum absolute atomic E-state index is 11.8. The zero-order chi connectivity index (χ0) is 19.1. The van der Waals surface area contributed by atoms with Gasteiger partial charge in [0, 0.05) is 0 Å². The van der Waals surface area contributed by atoms with Gasteiger partial charge in [-0.15, -0.1) is 0 Å². The van der Waals surface area contributed by atoms with Crippen LogP contribution in [0, 0.1) is 0 Å². The lowest BCUT2D eigenvalue weighted by Gasteiger charge is -2.12. The molecule has 6 heteroatoms. The topological polar surface area (TPSA) is 70.5 Å². The Morgan fingerprint density at radius 2 is 1.56 bits per heavy atom. The summed E-state index contributed by atoms with van der Waals surface area (Å²) in [5.74, 6) is 1.05. The second-order valence-corrected chi connectivity index (χ2v) is 5.50. The van der Waals surface area contributed by atoms with Gasteiger partial charge in [0.05, 0.1) is 24.8 Å². The molecule has 0 spiro atoms. The number of aldehydes is 1. The number of carbonyl (C=O) groups is 1. The van der Waals surface area contributed by atoms with E-state index in [1.165, 1.54) is 0 Å². The fraction of sp³-hybridized carbons (Fsp3) is 0.190. The highest BCUT2D eigenvalue weighted by atomic mass is 16.5. The van der Waals surface area contributed by atoms with Crippen molar-refractivity contribution < 1.29 is 19.0 Å². The predicted octanol–water partition coefficient (Wildman–Crippen LogP) is 4.55. The Kier molecular flexibility index (Phi) is 5.99. The van der Waals surface area contributed by atoms with Gasteiger partial charge in [-0.05, 0) is 31.0 Å². The fourth-order valence-electron chi connectivity index (χ4n) is 2.60. The quantitative estimate of drug-likeness (QED) is 0.546. The van der Waals surface area contributed by atoms with Crippen LogP contribution in [0.5, 0.6) is 23.5 Å². The van der Waals surface area contributed by atoms with Crippen LogP contribution in [-0.4, -0.2) is 29.5 Å². The van der Waals surface area contributed by atoms with Gasteiger partial charge >= 0.3 is 6.01 Å². The van der Waals surface area contributed by atoms with E-state index in [2.05, 4.69) is 9.97 Å². The van der Waals surface area contributed by atoms with E-state index >= 15 is 0 Å². The first kappa shape index (κ1) is 18.4. The minimum Gasteiger partial charge on any atom is -0.478 e. The first-order valence-corrected chi connectivity index (χ1v) is 8.71. The molecule has 2 aromatic carbocycles.